The molecule has 0 aliphatic rings. The van der Waals surface area contributed by atoms with Crippen molar-refractivity contribution in [2.45, 2.75) is 6.54 Å². The summed E-state index contributed by atoms with van der Waals surface area (Å²) >= 11 is 3.59. The van der Waals surface area contributed by atoms with Gasteiger partial charge in [-0.3, -0.25) is 4.79 Å². The number of thiophene rings is 1. The quantitative estimate of drug-likeness (QED) is 0.650. The van der Waals surface area contributed by atoms with Crippen LogP contribution in [0.5, 0.6) is 0 Å². The van der Waals surface area contributed by atoms with Crippen LogP contribution >= 0.6 is 33.9 Å². The largest absolute Gasteiger partial charge is 0.437 e. The second-order valence-electron chi connectivity index (χ2n) is 4.36. The van der Waals surface area contributed by atoms with E-state index in [9.17, 15) is 9.59 Å². The molecule has 6 nitrogen and oxygen atoms in total. The Balaban J connectivity index is 1.71. The van der Waals surface area contributed by atoms with Crippen LogP contribution in [-0.2, 0) is 11.3 Å². The average Bonchev–Trinajstić information content (AvgIpc) is 3.12. The molecule has 3 aromatic rings. The van der Waals surface area contributed by atoms with Crippen molar-refractivity contribution < 1.29 is 9.21 Å². The summed E-state index contributed by atoms with van der Waals surface area (Å²) in [4.78, 5) is 24.4. The fourth-order valence-electron chi connectivity index (χ4n) is 1.78. The van der Waals surface area contributed by atoms with Gasteiger partial charge >= 0.3 is 5.76 Å². The summed E-state index contributed by atoms with van der Waals surface area (Å²) in [6.45, 7) is -0.195. The van der Waals surface area contributed by atoms with Gasteiger partial charge in [-0.15, -0.1) is 16.4 Å². The molecule has 0 saturated heterocycles. The van der Waals surface area contributed by atoms with Gasteiger partial charge in [-0.2, -0.15) is 4.68 Å². The van der Waals surface area contributed by atoms with Crippen LogP contribution < -0.4 is 11.1 Å². The van der Waals surface area contributed by atoms with Gasteiger partial charge in [0.2, 0.25) is 5.91 Å². The average molecular weight is 427 g/mol. The van der Waals surface area contributed by atoms with E-state index < -0.39 is 5.76 Å². The summed E-state index contributed by atoms with van der Waals surface area (Å²) in [6.07, 6.45) is 0. The number of rotatable bonds is 4. The molecule has 0 aliphatic heterocycles. The minimum absolute atomic E-state index is 0.195. The molecule has 112 valence electrons. The molecule has 3 rings (SSSR count). The first kappa shape index (κ1) is 15.0. The Hall–Kier alpha value is -1.94. The van der Waals surface area contributed by atoms with Gasteiger partial charge < -0.3 is 9.73 Å². The molecule has 0 fully saturated rings. The summed E-state index contributed by atoms with van der Waals surface area (Å²) in [5.41, 5.74) is 0.667. The molecule has 1 amide bonds. The van der Waals surface area contributed by atoms with Gasteiger partial charge in [-0.05, 0) is 58.3 Å². The molecular weight excluding hydrogens is 417 g/mol. The number of anilines is 1. The molecule has 0 spiro atoms. The minimum atomic E-state index is -0.652. The van der Waals surface area contributed by atoms with E-state index in [1.165, 1.54) is 11.3 Å². The number of hydrogen-bond donors (Lipinski definition) is 1. The molecule has 2 heterocycles. The van der Waals surface area contributed by atoms with Crippen LogP contribution in [0.25, 0.3) is 10.8 Å². The summed E-state index contributed by atoms with van der Waals surface area (Å²) < 4.78 is 7.14. The van der Waals surface area contributed by atoms with E-state index in [0.717, 1.165) is 13.1 Å². The highest BCUT2D eigenvalue weighted by atomic mass is 127. The Bertz CT molecular complexity index is 837. The van der Waals surface area contributed by atoms with Crippen molar-refractivity contribution in [3.05, 3.63) is 55.9 Å². The Morgan fingerprint density at radius 2 is 2.09 bits per heavy atom. The molecule has 0 aliphatic carbocycles. The van der Waals surface area contributed by atoms with Crippen LogP contribution in [0.1, 0.15) is 0 Å². The number of benzene rings is 1. The number of amides is 1. The van der Waals surface area contributed by atoms with Crippen molar-refractivity contribution in [1.82, 2.24) is 9.78 Å². The SMILES string of the molecule is O=C(Cn1nc(-c2cccs2)oc1=O)Nc1ccc(I)cc1. The van der Waals surface area contributed by atoms with Crippen LogP contribution in [0.4, 0.5) is 5.69 Å². The predicted molar refractivity (Wildman–Crippen MR) is 91.9 cm³/mol. The van der Waals surface area contributed by atoms with Crippen molar-refractivity contribution in [2.75, 3.05) is 5.32 Å². The van der Waals surface area contributed by atoms with Gasteiger partial charge in [0.1, 0.15) is 6.54 Å². The van der Waals surface area contributed by atoms with Gasteiger partial charge in [0.15, 0.2) is 0 Å². The normalized spacial score (nSPS) is 10.6. The molecule has 0 radical (unpaired) electrons. The van der Waals surface area contributed by atoms with Gasteiger partial charge in [0.25, 0.3) is 5.89 Å². The molecule has 22 heavy (non-hydrogen) atoms. The Morgan fingerprint density at radius 1 is 1.32 bits per heavy atom. The molecule has 0 bridgehead atoms. The smallest absolute Gasteiger partial charge is 0.387 e. The Morgan fingerprint density at radius 3 is 2.77 bits per heavy atom. The molecule has 0 saturated carbocycles. The third-order valence-electron chi connectivity index (χ3n) is 2.76. The molecule has 1 N–H and O–H groups in total. The number of nitrogens with zero attached hydrogens (tertiary/aromatic N) is 2. The van der Waals surface area contributed by atoms with E-state index in [4.69, 9.17) is 4.42 Å². The number of hydrogen-bond acceptors (Lipinski definition) is 5. The lowest BCUT2D eigenvalue weighted by Crippen LogP contribution is -2.25. The van der Waals surface area contributed by atoms with Gasteiger partial charge in [0, 0.05) is 9.26 Å². The summed E-state index contributed by atoms with van der Waals surface area (Å²) in [7, 11) is 0. The van der Waals surface area contributed by atoms with Crippen LogP contribution in [0, 0.1) is 3.57 Å². The zero-order valence-corrected chi connectivity index (χ0v) is 14.1. The van der Waals surface area contributed by atoms with Crippen LogP contribution in [0.15, 0.2) is 51.0 Å². The first-order chi connectivity index (χ1) is 10.6. The van der Waals surface area contributed by atoms with Crippen molar-refractivity contribution >= 4 is 45.5 Å². The van der Waals surface area contributed by atoms with E-state index in [-0.39, 0.29) is 18.3 Å². The summed E-state index contributed by atoms with van der Waals surface area (Å²) in [5.74, 6) is -0.766. The van der Waals surface area contributed by atoms with Crippen molar-refractivity contribution in [2.24, 2.45) is 0 Å². The van der Waals surface area contributed by atoms with Crippen LogP contribution in [0.2, 0.25) is 0 Å². The minimum Gasteiger partial charge on any atom is -0.387 e. The lowest BCUT2D eigenvalue weighted by atomic mass is 10.3. The maximum atomic E-state index is 12.0. The van der Waals surface area contributed by atoms with Gasteiger partial charge in [0.05, 0.1) is 4.88 Å². The second-order valence-corrected chi connectivity index (χ2v) is 6.56. The topological polar surface area (TPSA) is 77.1 Å². The first-order valence-electron chi connectivity index (χ1n) is 6.29. The Labute approximate surface area is 142 Å². The third-order valence-corrected chi connectivity index (χ3v) is 4.34. The van der Waals surface area contributed by atoms with Crippen LogP contribution in [0.3, 0.4) is 0 Å². The molecule has 0 unspecified atom stereocenters. The van der Waals surface area contributed by atoms with Crippen molar-refractivity contribution in [1.29, 1.82) is 0 Å². The fourth-order valence-corrected chi connectivity index (χ4v) is 2.78. The number of carbonyl (C=O) groups is 1. The lowest BCUT2D eigenvalue weighted by Gasteiger charge is -2.04. The number of aromatic nitrogens is 2. The number of nitrogens with one attached hydrogen (secondary N) is 1. The van der Waals surface area contributed by atoms with Crippen molar-refractivity contribution in [3.8, 4) is 10.8 Å². The maximum Gasteiger partial charge on any atom is 0.437 e. The monoisotopic (exact) mass is 427 g/mol. The lowest BCUT2D eigenvalue weighted by molar-refractivity contribution is -0.117. The third kappa shape index (κ3) is 3.45. The molecular formula is C14H10IN3O3S. The molecule has 1 aromatic carbocycles. The fraction of sp³-hybridized carbons (Fsp3) is 0.0714. The van der Waals surface area contributed by atoms with Crippen LogP contribution in [-0.4, -0.2) is 15.7 Å². The highest BCUT2D eigenvalue weighted by molar-refractivity contribution is 14.1. The standard InChI is InChI=1S/C14H10IN3O3S/c15-9-3-5-10(6-4-9)16-12(19)8-18-14(20)21-13(17-18)11-2-1-7-22-11/h1-7H,8H2,(H,16,19). The summed E-state index contributed by atoms with van der Waals surface area (Å²) in [5, 5.41) is 8.60. The van der Waals surface area contributed by atoms with Gasteiger partial charge in [-0.25, -0.2) is 4.79 Å². The van der Waals surface area contributed by atoms with E-state index in [0.29, 0.717) is 5.69 Å². The molecule has 2 aromatic heterocycles. The van der Waals surface area contributed by atoms with E-state index >= 15 is 0 Å². The molecule has 8 heteroatoms. The number of halogens is 1. The Kier molecular flexibility index (Phi) is 4.39. The zero-order chi connectivity index (χ0) is 15.5. The predicted octanol–water partition coefficient (Wildman–Crippen LogP) is 2.81. The second kappa shape index (κ2) is 6.44. The van der Waals surface area contributed by atoms with Crippen molar-refractivity contribution in [3.63, 3.8) is 0 Å². The summed E-state index contributed by atoms with van der Waals surface area (Å²) in [6, 6.07) is 11.0. The molecule has 0 atom stereocenters. The van der Waals surface area contributed by atoms with E-state index in [1.54, 1.807) is 18.2 Å². The maximum absolute atomic E-state index is 12.0. The number of carbonyl (C=O) groups excluding carboxylic acids is 1. The highest BCUT2D eigenvalue weighted by Gasteiger charge is 2.13. The van der Waals surface area contributed by atoms with E-state index in [1.807, 2.05) is 23.6 Å². The first-order valence-corrected chi connectivity index (χ1v) is 8.25. The van der Waals surface area contributed by atoms with Gasteiger partial charge in [-0.1, -0.05) is 6.07 Å². The zero-order valence-electron chi connectivity index (χ0n) is 11.2. The highest BCUT2D eigenvalue weighted by Crippen LogP contribution is 2.21. The van der Waals surface area contributed by atoms with E-state index in [2.05, 4.69) is 33.0 Å².